The molecule has 0 spiro atoms. The molecule has 11 atom stereocenters. The van der Waals surface area contributed by atoms with E-state index in [1.807, 2.05) is 6.92 Å². The first-order valence-electron chi connectivity index (χ1n) is 36.1. The predicted molar refractivity (Wildman–Crippen MR) is 363 cm³/mol. The van der Waals surface area contributed by atoms with Gasteiger partial charge in [0, 0.05) is 57.6 Å². The van der Waals surface area contributed by atoms with Gasteiger partial charge in [-0.15, -0.1) is 0 Å². The second-order valence-corrected chi connectivity index (χ2v) is 34.1. The third kappa shape index (κ3) is 17.4. The van der Waals surface area contributed by atoms with Crippen LogP contribution in [-0.2, 0) is 100 Å². The Balaban J connectivity index is 0.000000140. The number of carbonyl (C=O) groups excluding carboxylic acids is 9. The number of esters is 9. The van der Waals surface area contributed by atoms with Crippen molar-refractivity contribution in [2.75, 3.05) is 13.2 Å². The van der Waals surface area contributed by atoms with Crippen LogP contribution in [0.1, 0.15) is 204 Å². The molecule has 0 aromatic carbocycles. The molecule has 548 valence electrons. The van der Waals surface area contributed by atoms with Crippen LogP contribution in [0.5, 0.6) is 0 Å². The molecule has 4 aliphatic heterocycles. The van der Waals surface area contributed by atoms with E-state index in [2.05, 4.69) is 65.0 Å². The Hall–Kier alpha value is -6.42. The third-order valence-corrected chi connectivity index (χ3v) is 25.7. The summed E-state index contributed by atoms with van der Waals surface area (Å²) in [5, 5.41) is -0.455. The van der Waals surface area contributed by atoms with Gasteiger partial charge in [0.25, 0.3) is 10.1 Å². The molecular weight excluding hydrogens is 1290 g/mol. The molecule has 99 heavy (non-hydrogen) atoms. The normalized spacial score (nSPS) is 37.1. The maximum absolute atomic E-state index is 12.1. The quantitative estimate of drug-likeness (QED) is 0.0637. The van der Waals surface area contributed by atoms with E-state index < -0.39 is 64.2 Å². The molecule has 4 heterocycles. The van der Waals surface area contributed by atoms with Gasteiger partial charge in [-0.2, -0.15) is 8.42 Å². The Bertz CT molecular complexity index is 3270. The zero-order valence-electron chi connectivity index (χ0n) is 60.0. The lowest BCUT2D eigenvalue weighted by Gasteiger charge is -2.61. The van der Waals surface area contributed by atoms with Crippen molar-refractivity contribution in [2.24, 2.45) is 82.9 Å². The number of rotatable bonds is 15. The van der Waals surface area contributed by atoms with Crippen LogP contribution in [0, 0.1) is 82.9 Å². The highest BCUT2D eigenvalue weighted by Crippen LogP contribution is 2.63. The topological polar surface area (TPSA) is 280 Å². The van der Waals surface area contributed by atoms with E-state index >= 15 is 0 Å². The van der Waals surface area contributed by atoms with Crippen molar-refractivity contribution in [3.05, 3.63) is 72.9 Å². The number of cyclic esters (lactones) is 1. The zero-order valence-corrected chi connectivity index (χ0v) is 60.9. The summed E-state index contributed by atoms with van der Waals surface area (Å²) in [6.45, 7) is 39.7. The van der Waals surface area contributed by atoms with Crippen molar-refractivity contribution in [3.63, 3.8) is 0 Å². The Morgan fingerprint density at radius 2 is 0.990 bits per heavy atom. The van der Waals surface area contributed by atoms with Crippen molar-refractivity contribution in [2.45, 2.75) is 257 Å². The molecule has 17 aliphatic rings. The van der Waals surface area contributed by atoms with Gasteiger partial charge in [0.1, 0.15) is 41.2 Å². The van der Waals surface area contributed by atoms with Gasteiger partial charge in [-0.05, 0) is 243 Å². The molecule has 0 aromatic heterocycles. The van der Waals surface area contributed by atoms with Crippen LogP contribution in [0.3, 0.4) is 0 Å². The lowest BCUT2D eigenvalue weighted by molar-refractivity contribution is -0.221. The van der Waals surface area contributed by atoms with Gasteiger partial charge >= 0.3 is 53.7 Å². The first-order valence-corrected chi connectivity index (χ1v) is 37.6. The van der Waals surface area contributed by atoms with Gasteiger partial charge in [-0.3, -0.25) is 8.98 Å². The fraction of sp³-hybridized carbons (Fsp3) is 0.727. The maximum Gasteiger partial charge on any atom is 0.347 e. The Morgan fingerprint density at radius 3 is 1.48 bits per heavy atom. The van der Waals surface area contributed by atoms with Gasteiger partial charge in [-0.25, -0.2) is 38.4 Å². The lowest BCUT2D eigenvalue weighted by Crippen LogP contribution is -2.62. The smallest absolute Gasteiger partial charge is 0.347 e. The molecule has 14 bridgehead atoms. The molecule has 17 rings (SSSR count). The fourth-order valence-corrected chi connectivity index (χ4v) is 21.3. The minimum Gasteiger partial charge on any atom is -0.463 e. The zero-order chi connectivity index (χ0) is 72.5. The highest BCUT2D eigenvalue weighted by Gasteiger charge is 2.66. The highest BCUT2D eigenvalue weighted by atomic mass is 32.2. The standard InChI is InChI=1S/C17H26O2.C15H22O2.C14H18O4.C13H16O7S.C10H16O2.C8H10O4/c1-10(2)16(18)19-17(11(3)4)14-6-12-5-13(8-14)9-15(17)7-12;1-9(2)14(16)17-15(3)12-5-10-4-11(7-12)8-13(15)6-10;1-7(2)13(15)18-12-9-3-8-4-10(6-9)14(16)17-11(12)5-8;1-6(2)13(15)18-5-10(14)19-11-7-3-8-9(4-7)21(16,17)20-12(8)11;1-8(2)9(11)12-10(3)6-4-5-7-10;1-5(2)7(9)12-6-3-4-11-8(6)10/h11-15H,1,5-9H2,2-4H3;10-13H,1,4-8H2,2-3H3;8-12H,1,3-6H2,2H3;7-9,11-12H,1,3-5H2,2H3;1,4-7H2,2-3H3;6H,1,3-4H2,2H3. The van der Waals surface area contributed by atoms with E-state index in [-0.39, 0.29) is 93.7 Å². The van der Waals surface area contributed by atoms with Gasteiger partial charge in [-0.1, -0.05) is 53.3 Å². The van der Waals surface area contributed by atoms with E-state index in [1.165, 1.54) is 90.9 Å². The largest absolute Gasteiger partial charge is 0.463 e. The molecule has 13 aliphatic carbocycles. The van der Waals surface area contributed by atoms with Crippen LogP contribution in [0.4, 0.5) is 0 Å². The maximum atomic E-state index is 12.1. The summed E-state index contributed by atoms with van der Waals surface area (Å²) in [6, 6.07) is 0. The Kier molecular flexibility index (Phi) is 24.1. The lowest BCUT2D eigenvalue weighted by atomic mass is 9.47. The van der Waals surface area contributed by atoms with Crippen molar-refractivity contribution >= 4 is 63.8 Å². The van der Waals surface area contributed by atoms with E-state index in [0.717, 1.165) is 62.2 Å². The van der Waals surface area contributed by atoms with E-state index in [0.29, 0.717) is 83.7 Å². The molecule has 17 fully saturated rings. The first kappa shape index (κ1) is 76.8. The van der Waals surface area contributed by atoms with Crippen molar-refractivity contribution < 1.29 is 98.4 Å². The minimum atomic E-state index is -3.53. The number of carbonyl (C=O) groups is 9. The minimum absolute atomic E-state index is 0.00284. The molecule has 21 nitrogen and oxygen atoms in total. The molecule has 0 aromatic rings. The highest BCUT2D eigenvalue weighted by molar-refractivity contribution is 7.87. The summed E-state index contributed by atoms with van der Waals surface area (Å²) in [4.78, 5) is 103. The summed E-state index contributed by atoms with van der Waals surface area (Å²) in [5.41, 5.74) is 1.81. The van der Waals surface area contributed by atoms with Crippen LogP contribution in [0.2, 0.25) is 0 Å². The van der Waals surface area contributed by atoms with E-state index in [1.54, 1.807) is 27.7 Å². The fourth-order valence-electron chi connectivity index (χ4n) is 19.5. The summed E-state index contributed by atoms with van der Waals surface area (Å²) in [5.74, 6) is 3.71. The van der Waals surface area contributed by atoms with Crippen molar-refractivity contribution in [1.82, 2.24) is 0 Å². The summed E-state index contributed by atoms with van der Waals surface area (Å²) >= 11 is 0. The molecule has 0 N–H and O–H groups in total. The Labute approximate surface area is 585 Å². The number of hydrogen-bond acceptors (Lipinski definition) is 21. The summed E-state index contributed by atoms with van der Waals surface area (Å²) in [6.07, 6.45) is 20.2. The average Bonchev–Trinajstić information content (AvgIpc) is 1.71. The summed E-state index contributed by atoms with van der Waals surface area (Å²) < 4.78 is 76.2. The second-order valence-electron chi connectivity index (χ2n) is 32.3. The SMILES string of the molecule is C=C(C)C(=O)OC1(C(C)C)C2CC3CC(C2)CC1C3.C=C(C)C(=O)OC1(C)C2CC3CC(C2)CC1C3.C=C(C)C(=O)OC1(C)CCCC1.C=C(C)C(=O)OC1C2CC3CC(C2)C(=O)OC1C3.C=C(C)C(=O)OC1CCOC1=O.C=C(C)C(=O)OCC(=O)OC1C2CC3C1OS(=O)(=O)C3C2. The molecule has 22 heteroatoms. The first-order chi connectivity index (χ1) is 46.4. The van der Waals surface area contributed by atoms with E-state index in [9.17, 15) is 51.6 Å². The van der Waals surface area contributed by atoms with Crippen molar-refractivity contribution in [1.29, 1.82) is 0 Å². The molecule has 13 saturated carbocycles. The Morgan fingerprint density at radius 1 is 0.515 bits per heavy atom. The van der Waals surface area contributed by atoms with Crippen LogP contribution >= 0.6 is 0 Å². The molecule has 4 saturated heterocycles. The second kappa shape index (κ2) is 31.0. The molecule has 0 radical (unpaired) electrons. The third-order valence-electron chi connectivity index (χ3n) is 24.0. The number of fused-ring (bicyclic) bond motifs is 2. The average molecular weight is 1400 g/mol. The van der Waals surface area contributed by atoms with Gasteiger partial charge in [0.2, 0.25) is 6.10 Å². The number of ether oxygens (including phenoxy) is 9. The van der Waals surface area contributed by atoms with Gasteiger partial charge in [0.15, 0.2) is 6.61 Å². The molecule has 0 amide bonds. The molecule has 11 unspecified atom stereocenters. The van der Waals surface area contributed by atoms with Crippen LogP contribution in [0.25, 0.3) is 0 Å². The van der Waals surface area contributed by atoms with Gasteiger partial charge < -0.3 is 42.6 Å². The molecular formula is C77H108O21S. The van der Waals surface area contributed by atoms with Crippen molar-refractivity contribution in [3.8, 4) is 0 Å². The van der Waals surface area contributed by atoms with E-state index in [4.69, 9.17) is 42.1 Å². The van der Waals surface area contributed by atoms with Crippen LogP contribution < -0.4 is 0 Å². The van der Waals surface area contributed by atoms with Crippen LogP contribution in [-0.4, -0.2) is 128 Å². The van der Waals surface area contributed by atoms with Crippen LogP contribution in [0.15, 0.2) is 72.9 Å². The number of hydrogen-bond donors (Lipinski definition) is 0. The van der Waals surface area contributed by atoms with Gasteiger partial charge in [0.05, 0.1) is 17.8 Å². The predicted octanol–water partition coefficient (Wildman–Crippen LogP) is 12.1. The monoisotopic (exact) mass is 1400 g/mol. The summed E-state index contributed by atoms with van der Waals surface area (Å²) in [7, 11) is -3.53.